The van der Waals surface area contributed by atoms with Crippen LogP contribution < -0.4 is 0 Å². The normalized spacial score (nSPS) is 11.7. The molecular weight excluding hydrogens is 737 g/mol. The van der Waals surface area contributed by atoms with Crippen LogP contribution in [0.3, 0.4) is 0 Å². The SMILES string of the molecule is c1cncc(-c2ccccc2-c2nc(-c3cc(-c4ccc5oc6ccccc6c5c4)cc(-c4ccc5oc6ccccc6c5c4)c3)nc(-c3ccc4ccccc4c3)n2)c1. The Balaban J connectivity index is 1.11. The second kappa shape index (κ2) is 13.7. The monoisotopic (exact) mass is 768 g/mol. The summed E-state index contributed by atoms with van der Waals surface area (Å²) >= 11 is 0. The minimum atomic E-state index is 0.567. The summed E-state index contributed by atoms with van der Waals surface area (Å²) in [7, 11) is 0. The van der Waals surface area contributed by atoms with E-state index in [9.17, 15) is 0 Å². The Morgan fingerprint density at radius 2 is 0.833 bits per heavy atom. The Morgan fingerprint density at radius 1 is 0.300 bits per heavy atom. The summed E-state index contributed by atoms with van der Waals surface area (Å²) in [6, 6.07) is 62.8. The third kappa shape index (κ3) is 5.81. The van der Waals surface area contributed by atoms with E-state index in [1.54, 1.807) is 6.20 Å². The Hall–Kier alpha value is -8.22. The highest BCUT2D eigenvalue weighted by atomic mass is 16.3. The van der Waals surface area contributed by atoms with E-state index < -0.39 is 0 Å². The molecule has 4 heterocycles. The Kier molecular flexibility index (Phi) is 7.74. The zero-order valence-corrected chi connectivity index (χ0v) is 32.1. The molecule has 280 valence electrons. The standard InChI is InChI=1S/C54H32N4O2/c1-2-11-34-26-37(20-19-33(34)10-1)52-56-53(58-54(57-52)45-16-4-3-13-42(45)38-12-9-25-55-32-38)41-28-39(35-21-23-50-46(30-35)43-14-5-7-17-48(43)59-50)27-40(29-41)36-22-24-51-47(31-36)44-15-6-8-18-49(44)60-51/h1-32H. The lowest BCUT2D eigenvalue weighted by molar-refractivity contribution is 0.668. The topological polar surface area (TPSA) is 77.8 Å². The van der Waals surface area contributed by atoms with E-state index in [2.05, 4.69) is 145 Å². The molecule has 0 spiro atoms. The first kappa shape index (κ1) is 33.9. The van der Waals surface area contributed by atoms with Crippen molar-refractivity contribution < 1.29 is 8.83 Å². The largest absolute Gasteiger partial charge is 0.456 e. The van der Waals surface area contributed by atoms with Gasteiger partial charge in [-0.15, -0.1) is 0 Å². The molecule has 0 amide bonds. The molecule has 0 N–H and O–H groups in total. The van der Waals surface area contributed by atoms with Gasteiger partial charge in [-0.05, 0) is 105 Å². The fourth-order valence-corrected chi connectivity index (χ4v) is 8.44. The molecule has 6 heteroatoms. The Bertz CT molecular complexity index is 3490. The summed E-state index contributed by atoms with van der Waals surface area (Å²) in [5.41, 5.74) is 12.2. The molecule has 0 aliphatic heterocycles. The van der Waals surface area contributed by atoms with Gasteiger partial charge >= 0.3 is 0 Å². The van der Waals surface area contributed by atoms with Gasteiger partial charge in [-0.3, -0.25) is 4.98 Å². The molecule has 6 nitrogen and oxygen atoms in total. The molecule has 0 saturated heterocycles. The van der Waals surface area contributed by atoms with E-state index in [0.29, 0.717) is 17.5 Å². The summed E-state index contributed by atoms with van der Waals surface area (Å²) in [5, 5.41) is 6.56. The van der Waals surface area contributed by atoms with Gasteiger partial charge in [0.15, 0.2) is 17.5 Å². The van der Waals surface area contributed by atoms with Crippen molar-refractivity contribution in [3.63, 3.8) is 0 Å². The Morgan fingerprint density at radius 3 is 1.50 bits per heavy atom. The Labute approximate surface area is 344 Å². The number of aromatic nitrogens is 4. The third-order valence-electron chi connectivity index (χ3n) is 11.4. The molecule has 12 aromatic rings. The van der Waals surface area contributed by atoms with Crippen LogP contribution >= 0.6 is 0 Å². The number of para-hydroxylation sites is 2. The number of benzene rings is 8. The van der Waals surface area contributed by atoms with Gasteiger partial charge in [-0.25, -0.2) is 15.0 Å². The highest BCUT2D eigenvalue weighted by molar-refractivity contribution is 6.08. The van der Waals surface area contributed by atoms with E-state index in [1.807, 2.05) is 48.7 Å². The second-order valence-electron chi connectivity index (χ2n) is 15.1. The van der Waals surface area contributed by atoms with E-state index >= 15 is 0 Å². The maximum Gasteiger partial charge on any atom is 0.164 e. The molecule has 60 heavy (non-hydrogen) atoms. The van der Waals surface area contributed by atoms with Crippen LogP contribution in [0.15, 0.2) is 203 Å². The maximum absolute atomic E-state index is 6.24. The first-order chi connectivity index (χ1) is 29.7. The van der Waals surface area contributed by atoms with E-state index in [0.717, 1.165) is 105 Å². The fraction of sp³-hybridized carbons (Fsp3) is 0. The van der Waals surface area contributed by atoms with Crippen molar-refractivity contribution in [2.45, 2.75) is 0 Å². The summed E-state index contributed by atoms with van der Waals surface area (Å²) in [6.45, 7) is 0. The van der Waals surface area contributed by atoms with Gasteiger partial charge in [0.1, 0.15) is 22.3 Å². The first-order valence-corrected chi connectivity index (χ1v) is 19.9. The van der Waals surface area contributed by atoms with Crippen molar-refractivity contribution in [3.05, 3.63) is 194 Å². The predicted molar refractivity (Wildman–Crippen MR) is 242 cm³/mol. The van der Waals surface area contributed by atoms with Crippen molar-refractivity contribution in [2.75, 3.05) is 0 Å². The van der Waals surface area contributed by atoms with Gasteiger partial charge in [-0.1, -0.05) is 115 Å². The molecule has 0 unspecified atom stereocenters. The van der Waals surface area contributed by atoms with Crippen molar-refractivity contribution >= 4 is 54.6 Å². The molecule has 0 aliphatic rings. The predicted octanol–water partition coefficient (Wildman–Crippen LogP) is 14.2. The zero-order valence-electron chi connectivity index (χ0n) is 32.1. The van der Waals surface area contributed by atoms with Crippen molar-refractivity contribution in [1.29, 1.82) is 0 Å². The average molecular weight is 769 g/mol. The first-order valence-electron chi connectivity index (χ1n) is 19.9. The summed E-state index contributed by atoms with van der Waals surface area (Å²) in [5.74, 6) is 1.73. The quantitative estimate of drug-likeness (QED) is 0.168. The second-order valence-corrected chi connectivity index (χ2v) is 15.1. The zero-order chi connectivity index (χ0) is 39.6. The number of furan rings is 2. The van der Waals surface area contributed by atoms with E-state index in [1.165, 1.54) is 0 Å². The highest BCUT2D eigenvalue weighted by Crippen LogP contribution is 2.39. The lowest BCUT2D eigenvalue weighted by Crippen LogP contribution is -2.01. The van der Waals surface area contributed by atoms with Crippen LogP contribution in [0.1, 0.15) is 0 Å². The molecule has 0 bridgehead atoms. The lowest BCUT2D eigenvalue weighted by Gasteiger charge is -2.14. The van der Waals surface area contributed by atoms with E-state index in [-0.39, 0.29) is 0 Å². The lowest BCUT2D eigenvalue weighted by atomic mass is 9.94. The molecular formula is C54H32N4O2. The van der Waals surface area contributed by atoms with Crippen LogP contribution in [-0.2, 0) is 0 Å². The fourth-order valence-electron chi connectivity index (χ4n) is 8.44. The van der Waals surface area contributed by atoms with Crippen LogP contribution in [0.4, 0.5) is 0 Å². The number of pyridine rings is 1. The minimum Gasteiger partial charge on any atom is -0.456 e. The number of rotatable bonds is 6. The minimum absolute atomic E-state index is 0.567. The van der Waals surface area contributed by atoms with Crippen molar-refractivity contribution in [2.24, 2.45) is 0 Å². The summed E-state index contributed by atoms with van der Waals surface area (Å²) < 4.78 is 12.5. The van der Waals surface area contributed by atoms with E-state index in [4.69, 9.17) is 23.8 Å². The van der Waals surface area contributed by atoms with Gasteiger partial charge in [0.2, 0.25) is 0 Å². The van der Waals surface area contributed by atoms with Gasteiger partial charge < -0.3 is 8.83 Å². The van der Waals surface area contributed by atoms with Crippen LogP contribution in [0, 0.1) is 0 Å². The van der Waals surface area contributed by atoms with Gasteiger partial charge in [0.25, 0.3) is 0 Å². The molecule has 8 aromatic carbocycles. The van der Waals surface area contributed by atoms with Crippen LogP contribution in [-0.4, -0.2) is 19.9 Å². The summed E-state index contributed by atoms with van der Waals surface area (Å²) in [4.78, 5) is 20.2. The van der Waals surface area contributed by atoms with Gasteiger partial charge in [0, 0.05) is 56.2 Å². The van der Waals surface area contributed by atoms with Crippen molar-refractivity contribution in [3.8, 4) is 67.5 Å². The van der Waals surface area contributed by atoms with Crippen LogP contribution in [0.25, 0.3) is 122 Å². The average Bonchev–Trinajstić information content (AvgIpc) is 3.89. The van der Waals surface area contributed by atoms with Gasteiger partial charge in [-0.2, -0.15) is 0 Å². The molecule has 4 aromatic heterocycles. The molecule has 0 aliphatic carbocycles. The molecule has 12 rings (SSSR count). The maximum atomic E-state index is 6.24. The number of fused-ring (bicyclic) bond motifs is 7. The van der Waals surface area contributed by atoms with Crippen LogP contribution in [0.5, 0.6) is 0 Å². The number of nitrogens with zero attached hydrogens (tertiary/aromatic N) is 4. The molecule has 0 radical (unpaired) electrons. The third-order valence-corrected chi connectivity index (χ3v) is 11.4. The number of hydrogen-bond donors (Lipinski definition) is 0. The van der Waals surface area contributed by atoms with Crippen molar-refractivity contribution in [1.82, 2.24) is 19.9 Å². The number of hydrogen-bond acceptors (Lipinski definition) is 6. The highest BCUT2D eigenvalue weighted by Gasteiger charge is 2.19. The van der Waals surface area contributed by atoms with Crippen LogP contribution in [0.2, 0.25) is 0 Å². The molecule has 0 saturated carbocycles. The van der Waals surface area contributed by atoms with Gasteiger partial charge in [0.05, 0.1) is 0 Å². The smallest absolute Gasteiger partial charge is 0.164 e. The summed E-state index contributed by atoms with van der Waals surface area (Å²) in [6.07, 6.45) is 3.66. The molecule has 0 atom stereocenters. The molecule has 0 fully saturated rings.